The van der Waals surface area contributed by atoms with E-state index in [0.29, 0.717) is 18.2 Å². The van der Waals surface area contributed by atoms with Crippen LogP contribution in [-0.2, 0) is 11.2 Å². The molecule has 1 aliphatic heterocycles. The molecule has 1 saturated heterocycles. The van der Waals surface area contributed by atoms with Gasteiger partial charge in [0, 0.05) is 23.7 Å². The number of halogens is 1. The van der Waals surface area contributed by atoms with E-state index in [1.165, 1.54) is 5.56 Å². The molecule has 0 bridgehead atoms. The van der Waals surface area contributed by atoms with Gasteiger partial charge in [-0.05, 0) is 50.3 Å². The molecule has 1 fully saturated rings. The zero-order valence-electron chi connectivity index (χ0n) is 11.9. The average Bonchev–Trinajstić information content (AvgIpc) is 2.38. The number of ether oxygens (including phenoxy) is 1. The summed E-state index contributed by atoms with van der Waals surface area (Å²) in [5.41, 5.74) is 1.30. The fourth-order valence-corrected chi connectivity index (χ4v) is 3.01. The molecule has 0 spiro atoms. The maximum absolute atomic E-state index is 6.02. The normalized spacial score (nSPS) is 25.2. The predicted octanol–water partition coefficient (Wildman–Crippen LogP) is 3.82. The van der Waals surface area contributed by atoms with Crippen molar-refractivity contribution in [3.8, 4) is 0 Å². The highest BCUT2D eigenvalue weighted by Gasteiger charge is 2.22. The molecule has 1 aromatic carbocycles. The van der Waals surface area contributed by atoms with Crippen LogP contribution in [0.5, 0.6) is 0 Å². The van der Waals surface area contributed by atoms with E-state index in [1.54, 1.807) is 0 Å². The maximum Gasteiger partial charge on any atom is 0.0587 e. The minimum Gasteiger partial charge on any atom is -0.378 e. The molecule has 0 radical (unpaired) electrons. The molecule has 0 saturated carbocycles. The minimum atomic E-state index is 0.435. The van der Waals surface area contributed by atoms with E-state index < -0.39 is 0 Å². The summed E-state index contributed by atoms with van der Waals surface area (Å²) in [5, 5.41) is 4.55. The van der Waals surface area contributed by atoms with Crippen LogP contribution in [-0.4, -0.2) is 24.8 Å². The van der Waals surface area contributed by atoms with E-state index in [0.717, 1.165) is 37.3 Å². The van der Waals surface area contributed by atoms with Gasteiger partial charge >= 0.3 is 0 Å². The van der Waals surface area contributed by atoms with Crippen molar-refractivity contribution in [3.63, 3.8) is 0 Å². The Bertz CT molecular complexity index is 396. The van der Waals surface area contributed by atoms with Crippen LogP contribution in [0, 0.1) is 0 Å². The Kier molecular flexibility index (Phi) is 5.68. The van der Waals surface area contributed by atoms with Crippen LogP contribution < -0.4 is 5.32 Å². The number of hydrogen-bond donors (Lipinski definition) is 1. The summed E-state index contributed by atoms with van der Waals surface area (Å²) >= 11 is 6.02. The largest absolute Gasteiger partial charge is 0.378 e. The zero-order valence-corrected chi connectivity index (χ0v) is 12.6. The Balaban J connectivity index is 1.82. The highest BCUT2D eigenvalue weighted by atomic mass is 35.5. The molecule has 106 valence electrons. The Hall–Kier alpha value is -0.570. The summed E-state index contributed by atoms with van der Waals surface area (Å²) in [6.45, 7) is 5.33. The number of rotatable bonds is 5. The highest BCUT2D eigenvalue weighted by Crippen LogP contribution is 2.18. The van der Waals surface area contributed by atoms with Gasteiger partial charge in [0.15, 0.2) is 0 Å². The van der Waals surface area contributed by atoms with Gasteiger partial charge in [-0.3, -0.25) is 0 Å². The molecule has 2 rings (SSSR count). The van der Waals surface area contributed by atoms with E-state index in [2.05, 4.69) is 31.3 Å². The minimum absolute atomic E-state index is 0.435. The smallest absolute Gasteiger partial charge is 0.0587 e. The predicted molar refractivity (Wildman–Crippen MR) is 80.8 cm³/mol. The molecule has 19 heavy (non-hydrogen) atoms. The summed E-state index contributed by atoms with van der Waals surface area (Å²) in [4.78, 5) is 0. The topological polar surface area (TPSA) is 21.3 Å². The van der Waals surface area contributed by atoms with Crippen molar-refractivity contribution >= 4 is 11.6 Å². The van der Waals surface area contributed by atoms with Gasteiger partial charge in [-0.2, -0.15) is 0 Å². The Morgan fingerprint density at radius 1 is 1.47 bits per heavy atom. The third kappa shape index (κ3) is 4.79. The van der Waals surface area contributed by atoms with Crippen LogP contribution in [0.1, 0.15) is 38.7 Å². The van der Waals surface area contributed by atoms with Crippen molar-refractivity contribution in [2.24, 2.45) is 0 Å². The van der Waals surface area contributed by atoms with Crippen LogP contribution >= 0.6 is 11.6 Å². The first-order chi connectivity index (χ1) is 9.17. The van der Waals surface area contributed by atoms with Crippen molar-refractivity contribution in [1.82, 2.24) is 5.32 Å². The molecule has 3 heteroatoms. The van der Waals surface area contributed by atoms with Crippen molar-refractivity contribution < 1.29 is 4.74 Å². The molecule has 0 aromatic heterocycles. The van der Waals surface area contributed by atoms with Crippen molar-refractivity contribution in [3.05, 3.63) is 34.9 Å². The molecule has 3 atom stereocenters. The Labute approximate surface area is 121 Å². The van der Waals surface area contributed by atoms with E-state index in [4.69, 9.17) is 16.3 Å². The molecule has 1 aromatic rings. The van der Waals surface area contributed by atoms with Crippen molar-refractivity contribution in [1.29, 1.82) is 0 Å². The zero-order chi connectivity index (χ0) is 13.7. The number of hydrogen-bond acceptors (Lipinski definition) is 2. The van der Waals surface area contributed by atoms with E-state index in [9.17, 15) is 0 Å². The second-order valence-corrected chi connectivity index (χ2v) is 5.96. The van der Waals surface area contributed by atoms with Crippen LogP contribution in [0.2, 0.25) is 5.02 Å². The Morgan fingerprint density at radius 3 is 3.05 bits per heavy atom. The summed E-state index contributed by atoms with van der Waals surface area (Å²) < 4.78 is 5.72. The second kappa shape index (κ2) is 7.28. The lowest BCUT2D eigenvalue weighted by atomic mass is 9.99. The van der Waals surface area contributed by atoms with Gasteiger partial charge < -0.3 is 10.1 Å². The van der Waals surface area contributed by atoms with Crippen LogP contribution in [0.25, 0.3) is 0 Å². The first kappa shape index (κ1) is 14.8. The monoisotopic (exact) mass is 281 g/mol. The molecule has 1 N–H and O–H groups in total. The molecule has 0 amide bonds. The first-order valence-corrected chi connectivity index (χ1v) is 7.67. The van der Waals surface area contributed by atoms with Gasteiger partial charge in [0.25, 0.3) is 0 Å². The average molecular weight is 282 g/mol. The summed E-state index contributed by atoms with van der Waals surface area (Å²) in [6.07, 6.45) is 4.83. The fourth-order valence-electron chi connectivity index (χ4n) is 2.79. The lowest BCUT2D eigenvalue weighted by Gasteiger charge is -2.31. The standard InChI is InChI=1S/C16H24ClNO/c1-3-16-11-15(7-8-19-16)18-12(2)9-13-5-4-6-14(17)10-13/h4-6,10,12,15-16,18H,3,7-9,11H2,1-2H3. The van der Waals surface area contributed by atoms with Crippen LogP contribution in [0.4, 0.5) is 0 Å². The fraction of sp³-hybridized carbons (Fsp3) is 0.625. The molecule has 2 nitrogen and oxygen atoms in total. The van der Waals surface area contributed by atoms with Gasteiger partial charge in [-0.1, -0.05) is 30.7 Å². The van der Waals surface area contributed by atoms with Gasteiger partial charge in [0.1, 0.15) is 0 Å². The second-order valence-electron chi connectivity index (χ2n) is 5.52. The summed E-state index contributed by atoms with van der Waals surface area (Å²) in [7, 11) is 0. The molecule has 3 unspecified atom stereocenters. The number of nitrogens with one attached hydrogen (secondary N) is 1. The van der Waals surface area contributed by atoms with Crippen molar-refractivity contribution in [2.75, 3.05) is 6.61 Å². The SMILES string of the molecule is CCC1CC(NC(C)Cc2cccc(Cl)c2)CCO1. The number of benzene rings is 1. The molecular formula is C16H24ClNO. The van der Waals surface area contributed by atoms with Crippen molar-refractivity contribution in [2.45, 2.75) is 57.7 Å². The Morgan fingerprint density at radius 2 is 2.32 bits per heavy atom. The third-order valence-electron chi connectivity index (χ3n) is 3.77. The first-order valence-electron chi connectivity index (χ1n) is 7.29. The molecule has 1 aliphatic rings. The van der Waals surface area contributed by atoms with E-state index in [1.807, 2.05) is 12.1 Å². The van der Waals surface area contributed by atoms with E-state index >= 15 is 0 Å². The van der Waals surface area contributed by atoms with Gasteiger partial charge in [0.2, 0.25) is 0 Å². The molecule has 1 heterocycles. The molecular weight excluding hydrogens is 258 g/mol. The van der Waals surface area contributed by atoms with Crippen LogP contribution in [0.15, 0.2) is 24.3 Å². The highest BCUT2D eigenvalue weighted by molar-refractivity contribution is 6.30. The quantitative estimate of drug-likeness (QED) is 0.886. The van der Waals surface area contributed by atoms with Gasteiger partial charge in [-0.25, -0.2) is 0 Å². The third-order valence-corrected chi connectivity index (χ3v) is 4.01. The summed E-state index contributed by atoms with van der Waals surface area (Å²) in [6, 6.07) is 9.20. The summed E-state index contributed by atoms with van der Waals surface area (Å²) in [5.74, 6) is 0. The van der Waals surface area contributed by atoms with Gasteiger partial charge in [0.05, 0.1) is 6.10 Å². The lowest BCUT2D eigenvalue weighted by Crippen LogP contribution is -2.43. The van der Waals surface area contributed by atoms with Crippen LogP contribution in [0.3, 0.4) is 0 Å². The van der Waals surface area contributed by atoms with E-state index in [-0.39, 0.29) is 0 Å². The molecule has 0 aliphatic carbocycles. The maximum atomic E-state index is 6.02. The lowest BCUT2D eigenvalue weighted by molar-refractivity contribution is -0.00158. The van der Waals surface area contributed by atoms with Gasteiger partial charge in [-0.15, -0.1) is 0 Å².